The second-order valence-corrected chi connectivity index (χ2v) is 1.76. The molecule has 0 heterocycles. The molecular formula is C9H16O. The number of hydrogen-bond acceptors (Lipinski definition) is 1. The molecule has 0 atom stereocenters. The summed E-state index contributed by atoms with van der Waals surface area (Å²) in [6.45, 7) is 9.07. The van der Waals surface area contributed by atoms with Crippen LogP contribution in [0.3, 0.4) is 0 Å². The Bertz CT molecular complexity index is 112. The fourth-order valence-corrected chi connectivity index (χ4v) is 0.254. The summed E-state index contributed by atoms with van der Waals surface area (Å²) in [7, 11) is 3.25. The van der Waals surface area contributed by atoms with E-state index < -0.39 is 0 Å². The Kier molecular flexibility index (Phi) is 13.2. The monoisotopic (exact) mass is 140 g/mol. The van der Waals surface area contributed by atoms with E-state index >= 15 is 0 Å². The van der Waals surface area contributed by atoms with Crippen LogP contribution in [0.2, 0.25) is 0 Å². The van der Waals surface area contributed by atoms with Gasteiger partial charge in [0.1, 0.15) is 0 Å². The first-order valence-electron chi connectivity index (χ1n) is 3.04. The van der Waals surface area contributed by atoms with Gasteiger partial charge in [-0.3, -0.25) is 0 Å². The predicted octanol–water partition coefficient (Wildman–Crippen LogP) is 2.57. The van der Waals surface area contributed by atoms with Crippen LogP contribution in [0.5, 0.6) is 0 Å². The second-order valence-electron chi connectivity index (χ2n) is 1.76. The van der Waals surface area contributed by atoms with Gasteiger partial charge in [-0.1, -0.05) is 37.0 Å². The molecule has 10 heavy (non-hydrogen) atoms. The second kappa shape index (κ2) is 11.0. The lowest BCUT2D eigenvalue weighted by atomic mass is 10.3. The summed E-state index contributed by atoms with van der Waals surface area (Å²) in [6, 6.07) is 0. The van der Waals surface area contributed by atoms with Gasteiger partial charge >= 0.3 is 0 Å². The predicted molar refractivity (Wildman–Crippen MR) is 47.1 cm³/mol. The molecule has 1 nitrogen and oxygen atoms in total. The topological polar surface area (TPSA) is 9.23 Å². The van der Waals surface area contributed by atoms with Gasteiger partial charge in [0.15, 0.2) is 0 Å². The summed E-state index contributed by atoms with van der Waals surface area (Å²) in [5.41, 5.74) is 1.15. The largest absolute Gasteiger partial charge is 0.388 e. The minimum absolute atomic E-state index is 1.15. The number of rotatable bonds is 2. The van der Waals surface area contributed by atoms with E-state index in [1.807, 2.05) is 13.0 Å². The Morgan fingerprint density at radius 1 is 1.30 bits per heavy atom. The lowest BCUT2D eigenvalue weighted by Gasteiger charge is -1.80. The molecule has 0 saturated carbocycles. The lowest BCUT2D eigenvalue weighted by molar-refractivity contribution is 0.277. The normalized spacial score (nSPS) is 9.30. The van der Waals surface area contributed by atoms with Gasteiger partial charge in [0, 0.05) is 14.2 Å². The molecule has 0 aliphatic heterocycles. The smallest absolute Gasteiger partial charge is 0.0351 e. The number of ether oxygens (including phenoxy) is 1. The molecule has 0 bridgehead atoms. The summed E-state index contributed by atoms with van der Waals surface area (Å²) in [5, 5.41) is 0. The van der Waals surface area contributed by atoms with Crippen molar-refractivity contribution in [3.05, 3.63) is 37.0 Å². The summed E-state index contributed by atoms with van der Waals surface area (Å²) in [4.78, 5) is 0. The van der Waals surface area contributed by atoms with E-state index in [0.29, 0.717) is 0 Å². The van der Waals surface area contributed by atoms with E-state index in [2.05, 4.69) is 17.9 Å². The molecule has 0 amide bonds. The van der Waals surface area contributed by atoms with Crippen LogP contribution < -0.4 is 0 Å². The SMILES string of the molecule is C=C/C=C(/C)C=C.COC. The Labute approximate surface area is 63.7 Å². The molecule has 0 unspecified atom stereocenters. The van der Waals surface area contributed by atoms with Crippen LogP contribution in [0.4, 0.5) is 0 Å². The van der Waals surface area contributed by atoms with Gasteiger partial charge in [-0.2, -0.15) is 0 Å². The molecule has 1 heteroatoms. The molecule has 0 aromatic heterocycles. The molecule has 0 aliphatic rings. The zero-order valence-electron chi connectivity index (χ0n) is 7.05. The number of methoxy groups -OCH3 is 1. The van der Waals surface area contributed by atoms with Crippen molar-refractivity contribution in [2.45, 2.75) is 6.92 Å². The molecule has 0 aliphatic carbocycles. The Morgan fingerprint density at radius 2 is 1.70 bits per heavy atom. The van der Waals surface area contributed by atoms with Crippen LogP contribution in [0.15, 0.2) is 37.0 Å². The van der Waals surface area contributed by atoms with Gasteiger partial charge in [0.25, 0.3) is 0 Å². The highest BCUT2D eigenvalue weighted by molar-refractivity contribution is 5.17. The van der Waals surface area contributed by atoms with Crippen LogP contribution in [-0.2, 0) is 4.74 Å². The average molecular weight is 140 g/mol. The summed E-state index contributed by atoms with van der Waals surface area (Å²) in [6.07, 6.45) is 5.45. The Morgan fingerprint density at radius 3 is 1.80 bits per heavy atom. The maximum Gasteiger partial charge on any atom is 0.0351 e. The lowest BCUT2D eigenvalue weighted by Crippen LogP contribution is -1.58. The third-order valence-electron chi connectivity index (χ3n) is 0.703. The summed E-state index contributed by atoms with van der Waals surface area (Å²) < 4.78 is 4.25. The highest BCUT2D eigenvalue weighted by Crippen LogP contribution is 1.90. The van der Waals surface area contributed by atoms with E-state index in [1.54, 1.807) is 26.4 Å². The minimum Gasteiger partial charge on any atom is -0.388 e. The van der Waals surface area contributed by atoms with Crippen molar-refractivity contribution in [2.24, 2.45) is 0 Å². The molecule has 0 rings (SSSR count). The maximum atomic E-state index is 4.25. The maximum absolute atomic E-state index is 4.25. The molecule has 0 radical (unpaired) electrons. The Hall–Kier alpha value is -0.820. The highest BCUT2D eigenvalue weighted by Gasteiger charge is 1.68. The highest BCUT2D eigenvalue weighted by atomic mass is 16.4. The molecule has 0 saturated heterocycles. The van der Waals surface area contributed by atoms with Crippen molar-refractivity contribution >= 4 is 0 Å². The van der Waals surface area contributed by atoms with E-state index in [9.17, 15) is 0 Å². The van der Waals surface area contributed by atoms with Gasteiger partial charge in [-0.15, -0.1) is 0 Å². The number of allylic oxidation sites excluding steroid dienone is 4. The van der Waals surface area contributed by atoms with Gasteiger partial charge in [-0.25, -0.2) is 0 Å². The molecule has 58 valence electrons. The zero-order chi connectivity index (χ0) is 8.41. The molecule has 0 aromatic carbocycles. The Balaban J connectivity index is 0. The summed E-state index contributed by atoms with van der Waals surface area (Å²) in [5.74, 6) is 0. The van der Waals surface area contributed by atoms with Crippen LogP contribution in [0.25, 0.3) is 0 Å². The molecule has 0 aromatic rings. The first kappa shape index (κ1) is 11.9. The molecule has 0 N–H and O–H groups in total. The molecule has 0 fully saturated rings. The standard InChI is InChI=1S/C7H10.C2H6O/c1-4-6-7(3)5-2;1-3-2/h4-6H,1-2H2,3H3;1-2H3/b7-6-;. The van der Waals surface area contributed by atoms with Gasteiger partial charge in [0.2, 0.25) is 0 Å². The van der Waals surface area contributed by atoms with E-state index in [-0.39, 0.29) is 0 Å². The fraction of sp³-hybridized carbons (Fsp3) is 0.333. The van der Waals surface area contributed by atoms with Crippen molar-refractivity contribution in [3.8, 4) is 0 Å². The fourth-order valence-electron chi connectivity index (χ4n) is 0.254. The van der Waals surface area contributed by atoms with Crippen molar-refractivity contribution in [2.75, 3.05) is 14.2 Å². The van der Waals surface area contributed by atoms with E-state index in [0.717, 1.165) is 5.57 Å². The molecular weight excluding hydrogens is 124 g/mol. The average Bonchev–Trinajstić information content (AvgIpc) is 1.90. The van der Waals surface area contributed by atoms with Crippen molar-refractivity contribution in [1.82, 2.24) is 0 Å². The van der Waals surface area contributed by atoms with Crippen LogP contribution >= 0.6 is 0 Å². The quantitative estimate of drug-likeness (QED) is 0.536. The first-order chi connectivity index (χ1) is 4.72. The van der Waals surface area contributed by atoms with Gasteiger partial charge in [0.05, 0.1) is 0 Å². The van der Waals surface area contributed by atoms with Crippen LogP contribution in [-0.4, -0.2) is 14.2 Å². The minimum atomic E-state index is 1.15. The van der Waals surface area contributed by atoms with Crippen molar-refractivity contribution in [1.29, 1.82) is 0 Å². The van der Waals surface area contributed by atoms with E-state index in [1.165, 1.54) is 0 Å². The third-order valence-corrected chi connectivity index (χ3v) is 0.703. The van der Waals surface area contributed by atoms with Crippen molar-refractivity contribution in [3.63, 3.8) is 0 Å². The van der Waals surface area contributed by atoms with Gasteiger partial charge < -0.3 is 4.74 Å². The van der Waals surface area contributed by atoms with Crippen molar-refractivity contribution < 1.29 is 4.74 Å². The first-order valence-corrected chi connectivity index (χ1v) is 3.04. The molecule has 0 spiro atoms. The van der Waals surface area contributed by atoms with Gasteiger partial charge in [-0.05, 0) is 6.92 Å². The third kappa shape index (κ3) is 15.7. The van der Waals surface area contributed by atoms with E-state index in [4.69, 9.17) is 0 Å². The zero-order valence-corrected chi connectivity index (χ0v) is 7.05. The van der Waals surface area contributed by atoms with Crippen LogP contribution in [0.1, 0.15) is 6.92 Å². The number of hydrogen-bond donors (Lipinski definition) is 0. The summed E-state index contributed by atoms with van der Waals surface area (Å²) >= 11 is 0. The van der Waals surface area contributed by atoms with Crippen LogP contribution in [0, 0.1) is 0 Å².